The highest BCUT2D eigenvalue weighted by Crippen LogP contribution is 2.44. The fourth-order valence-corrected chi connectivity index (χ4v) is 6.47. The molecule has 3 atom stereocenters. The quantitative estimate of drug-likeness (QED) is 0.714. The SMILES string of the molecule is CC1CCCC1[C@@H](C)N(C)P(c1ccccc1)c1ccccc1. The molecule has 122 valence electrons. The van der Waals surface area contributed by atoms with Crippen molar-refractivity contribution >= 4 is 18.7 Å². The van der Waals surface area contributed by atoms with Gasteiger partial charge in [0.1, 0.15) is 0 Å². The van der Waals surface area contributed by atoms with E-state index >= 15 is 0 Å². The summed E-state index contributed by atoms with van der Waals surface area (Å²) in [6.45, 7) is 4.88. The first-order chi connectivity index (χ1) is 11.2. The number of hydrogen-bond acceptors (Lipinski definition) is 1. The van der Waals surface area contributed by atoms with E-state index in [0.717, 1.165) is 11.8 Å². The highest BCUT2D eigenvalue weighted by Gasteiger charge is 2.33. The van der Waals surface area contributed by atoms with Gasteiger partial charge in [-0.05, 0) is 42.8 Å². The van der Waals surface area contributed by atoms with Gasteiger partial charge >= 0.3 is 0 Å². The van der Waals surface area contributed by atoms with Crippen molar-refractivity contribution < 1.29 is 0 Å². The zero-order chi connectivity index (χ0) is 16.2. The van der Waals surface area contributed by atoms with Gasteiger partial charge in [-0.2, -0.15) is 0 Å². The lowest BCUT2D eigenvalue weighted by atomic mass is 9.91. The Bertz CT molecular complexity index is 558. The van der Waals surface area contributed by atoms with Crippen LogP contribution in [0.1, 0.15) is 33.1 Å². The molecule has 0 aliphatic heterocycles. The van der Waals surface area contributed by atoms with Gasteiger partial charge in [0, 0.05) is 14.1 Å². The Balaban J connectivity index is 1.92. The molecule has 0 spiro atoms. The van der Waals surface area contributed by atoms with Gasteiger partial charge in [0.05, 0.1) is 0 Å². The van der Waals surface area contributed by atoms with Gasteiger partial charge in [0.15, 0.2) is 0 Å². The molecule has 0 saturated heterocycles. The van der Waals surface area contributed by atoms with E-state index in [1.807, 2.05) is 0 Å². The largest absolute Gasteiger partial charge is 0.275 e. The first kappa shape index (κ1) is 16.7. The van der Waals surface area contributed by atoms with Crippen LogP contribution in [0.4, 0.5) is 0 Å². The summed E-state index contributed by atoms with van der Waals surface area (Å²) in [6, 6.07) is 22.7. The predicted molar refractivity (Wildman–Crippen MR) is 103 cm³/mol. The molecule has 1 nitrogen and oxygen atoms in total. The molecule has 2 aromatic rings. The van der Waals surface area contributed by atoms with Crippen molar-refractivity contribution in [3.8, 4) is 0 Å². The lowest BCUT2D eigenvalue weighted by molar-refractivity contribution is 0.255. The Morgan fingerprint density at radius 2 is 1.43 bits per heavy atom. The van der Waals surface area contributed by atoms with Crippen LogP contribution in [0.25, 0.3) is 0 Å². The highest BCUT2D eigenvalue weighted by atomic mass is 31.1. The Labute approximate surface area is 142 Å². The van der Waals surface area contributed by atoms with E-state index in [9.17, 15) is 0 Å². The van der Waals surface area contributed by atoms with Crippen molar-refractivity contribution in [2.75, 3.05) is 7.05 Å². The van der Waals surface area contributed by atoms with Crippen LogP contribution in [0.2, 0.25) is 0 Å². The Kier molecular flexibility index (Phi) is 5.51. The van der Waals surface area contributed by atoms with Gasteiger partial charge in [0.25, 0.3) is 0 Å². The molecule has 1 aliphatic rings. The molecule has 2 aromatic carbocycles. The predicted octanol–water partition coefficient (Wildman–Crippen LogP) is 4.79. The molecule has 0 amide bonds. The maximum absolute atomic E-state index is 2.66. The van der Waals surface area contributed by atoms with Crippen LogP contribution in [-0.2, 0) is 0 Å². The molecule has 1 aliphatic carbocycles. The number of nitrogens with zero attached hydrogens (tertiary/aromatic N) is 1. The minimum Gasteiger partial charge on any atom is -0.275 e. The van der Waals surface area contributed by atoms with Crippen LogP contribution in [0, 0.1) is 11.8 Å². The van der Waals surface area contributed by atoms with E-state index in [0.29, 0.717) is 6.04 Å². The van der Waals surface area contributed by atoms with E-state index in [1.165, 1.54) is 29.9 Å². The summed E-state index contributed by atoms with van der Waals surface area (Å²) in [5, 5.41) is 2.90. The minimum absolute atomic E-state index is 0.453. The topological polar surface area (TPSA) is 3.24 Å². The Morgan fingerprint density at radius 1 is 0.913 bits per heavy atom. The van der Waals surface area contributed by atoms with Crippen LogP contribution in [0.15, 0.2) is 60.7 Å². The van der Waals surface area contributed by atoms with Gasteiger partial charge in [-0.3, -0.25) is 4.67 Å². The molecule has 0 aromatic heterocycles. The Hall–Kier alpha value is -1.17. The summed E-state index contributed by atoms with van der Waals surface area (Å²) in [5.41, 5.74) is 0. The van der Waals surface area contributed by atoms with Crippen molar-refractivity contribution in [1.82, 2.24) is 4.67 Å². The van der Waals surface area contributed by atoms with E-state index in [2.05, 4.69) is 86.2 Å². The standard InChI is InChI=1S/C21H28NP/c1-17-11-10-16-21(17)18(2)22(3)23(19-12-6-4-7-13-19)20-14-8-5-9-15-20/h4-9,12-15,17-18,21H,10-11,16H2,1-3H3/t17?,18-,21?/m1/s1. The molecule has 0 bridgehead atoms. The van der Waals surface area contributed by atoms with Crippen molar-refractivity contribution in [3.63, 3.8) is 0 Å². The van der Waals surface area contributed by atoms with Gasteiger partial charge in [-0.25, -0.2) is 0 Å². The van der Waals surface area contributed by atoms with Crippen molar-refractivity contribution in [2.24, 2.45) is 11.8 Å². The van der Waals surface area contributed by atoms with Gasteiger partial charge in [0.2, 0.25) is 0 Å². The Morgan fingerprint density at radius 3 is 1.87 bits per heavy atom. The van der Waals surface area contributed by atoms with E-state index in [4.69, 9.17) is 0 Å². The monoisotopic (exact) mass is 325 g/mol. The third kappa shape index (κ3) is 3.67. The first-order valence-electron chi connectivity index (χ1n) is 8.81. The van der Waals surface area contributed by atoms with Gasteiger partial charge in [-0.1, -0.05) is 80.4 Å². The van der Waals surface area contributed by atoms with Gasteiger partial charge < -0.3 is 0 Å². The zero-order valence-electron chi connectivity index (χ0n) is 14.5. The van der Waals surface area contributed by atoms with Crippen molar-refractivity contribution in [1.29, 1.82) is 0 Å². The molecule has 0 heterocycles. The van der Waals surface area contributed by atoms with Crippen LogP contribution in [-0.4, -0.2) is 17.8 Å². The second-order valence-corrected chi connectivity index (χ2v) is 9.16. The summed E-state index contributed by atoms with van der Waals surface area (Å²) in [7, 11) is 1.88. The number of hydrogen-bond donors (Lipinski definition) is 0. The summed E-state index contributed by atoms with van der Waals surface area (Å²) >= 11 is 0. The third-order valence-corrected chi connectivity index (χ3v) is 8.02. The molecule has 1 fully saturated rings. The first-order valence-corrected chi connectivity index (χ1v) is 10.1. The third-order valence-electron chi connectivity index (χ3n) is 5.45. The molecule has 1 saturated carbocycles. The second kappa shape index (κ2) is 7.60. The zero-order valence-corrected chi connectivity index (χ0v) is 15.4. The molecular weight excluding hydrogens is 297 g/mol. The average Bonchev–Trinajstić information content (AvgIpc) is 3.02. The van der Waals surface area contributed by atoms with Gasteiger partial charge in [-0.15, -0.1) is 0 Å². The second-order valence-electron chi connectivity index (χ2n) is 6.87. The van der Waals surface area contributed by atoms with E-state index in [-0.39, 0.29) is 0 Å². The number of benzene rings is 2. The average molecular weight is 325 g/mol. The molecular formula is C21H28NP. The molecule has 3 rings (SSSR count). The fourth-order valence-electron chi connectivity index (χ4n) is 4.00. The van der Waals surface area contributed by atoms with Crippen LogP contribution in [0.5, 0.6) is 0 Å². The molecule has 0 N–H and O–H groups in total. The molecule has 2 heteroatoms. The molecule has 23 heavy (non-hydrogen) atoms. The lowest BCUT2D eigenvalue weighted by Crippen LogP contribution is -2.38. The van der Waals surface area contributed by atoms with E-state index < -0.39 is 8.07 Å². The minimum atomic E-state index is -0.453. The van der Waals surface area contributed by atoms with Crippen LogP contribution >= 0.6 is 8.07 Å². The van der Waals surface area contributed by atoms with Crippen molar-refractivity contribution in [3.05, 3.63) is 60.7 Å². The maximum Gasteiger partial charge on any atom is 0.0281 e. The summed E-state index contributed by atoms with van der Waals surface area (Å²) < 4.78 is 2.66. The lowest BCUT2D eigenvalue weighted by Gasteiger charge is -2.38. The van der Waals surface area contributed by atoms with E-state index in [1.54, 1.807) is 0 Å². The van der Waals surface area contributed by atoms with Crippen LogP contribution < -0.4 is 10.6 Å². The summed E-state index contributed by atoms with van der Waals surface area (Å²) in [5.74, 6) is 1.69. The maximum atomic E-state index is 2.66. The highest BCUT2D eigenvalue weighted by molar-refractivity contribution is 7.70. The fraction of sp³-hybridized carbons (Fsp3) is 0.429. The molecule has 0 radical (unpaired) electrons. The van der Waals surface area contributed by atoms with Crippen molar-refractivity contribution in [2.45, 2.75) is 39.2 Å². The number of rotatable bonds is 5. The summed E-state index contributed by atoms with van der Waals surface area (Å²) in [6.07, 6.45) is 4.19. The normalized spacial score (nSPS) is 22.7. The van der Waals surface area contributed by atoms with Crippen LogP contribution in [0.3, 0.4) is 0 Å². The molecule has 2 unspecified atom stereocenters. The smallest absolute Gasteiger partial charge is 0.0281 e. The summed E-state index contributed by atoms with van der Waals surface area (Å²) in [4.78, 5) is 0.